The van der Waals surface area contributed by atoms with Crippen LogP contribution in [0.3, 0.4) is 0 Å². The number of halogens is 1. The molecule has 0 unspecified atom stereocenters. The van der Waals surface area contributed by atoms with Gasteiger partial charge in [0.2, 0.25) is 0 Å². The lowest BCUT2D eigenvalue weighted by Crippen LogP contribution is -2.40. The molecule has 0 aromatic heterocycles. The van der Waals surface area contributed by atoms with Crippen molar-refractivity contribution in [2.24, 2.45) is 0 Å². The minimum atomic E-state index is -1.16. The predicted molar refractivity (Wildman–Crippen MR) is 73.9 cm³/mol. The number of benzene rings is 1. The topological polar surface area (TPSA) is 98.1 Å². The molecular weight excluding hydrogens is 365 g/mol. The van der Waals surface area contributed by atoms with Crippen LogP contribution in [0.15, 0.2) is 18.2 Å². The quantitative estimate of drug-likeness (QED) is 0.658. The van der Waals surface area contributed by atoms with Crippen LogP contribution in [0, 0.1) is 3.57 Å². The normalized spacial score (nSPS) is 22.5. The summed E-state index contributed by atoms with van der Waals surface area (Å²) in [6, 6.07) is 3.46. The van der Waals surface area contributed by atoms with Crippen LogP contribution in [0.5, 0.6) is 5.75 Å². The molecule has 1 aliphatic heterocycles. The molecule has 19 heavy (non-hydrogen) atoms. The maximum absolute atomic E-state index is 12.3. The lowest BCUT2D eigenvalue weighted by atomic mass is 10.1. The van der Waals surface area contributed by atoms with Crippen LogP contribution >= 0.6 is 22.6 Å². The van der Waals surface area contributed by atoms with Crippen LogP contribution < -0.4 is 0 Å². The Kier molecular flexibility index (Phi) is 3.95. The Balaban J connectivity index is 2.33. The minimum Gasteiger partial charge on any atom is -0.507 e. The number of nitrogens with zero attached hydrogens (tertiary/aromatic N) is 1. The number of phenolic OH excluding ortho intramolecular Hbond substituents is 1. The summed E-state index contributed by atoms with van der Waals surface area (Å²) in [5.74, 6) is -1.94. The second-order valence-electron chi connectivity index (χ2n) is 4.36. The second-order valence-corrected chi connectivity index (χ2v) is 5.61. The Labute approximate surface area is 122 Å². The van der Waals surface area contributed by atoms with E-state index in [0.717, 1.165) is 8.47 Å². The van der Waals surface area contributed by atoms with Crippen LogP contribution in [0.25, 0.3) is 0 Å². The number of carboxylic acid groups (broad SMARTS) is 1. The van der Waals surface area contributed by atoms with E-state index in [1.807, 2.05) is 22.6 Å². The van der Waals surface area contributed by atoms with Crippen LogP contribution in [0.1, 0.15) is 16.8 Å². The largest absolute Gasteiger partial charge is 0.507 e. The summed E-state index contributed by atoms with van der Waals surface area (Å²) in [4.78, 5) is 24.4. The highest BCUT2D eigenvalue weighted by Crippen LogP contribution is 2.26. The van der Waals surface area contributed by atoms with Gasteiger partial charge in [0.1, 0.15) is 11.8 Å². The third kappa shape index (κ3) is 2.81. The van der Waals surface area contributed by atoms with E-state index in [-0.39, 0.29) is 24.3 Å². The third-order valence-electron chi connectivity index (χ3n) is 3.01. The molecule has 3 N–H and O–H groups in total. The molecule has 2 rings (SSSR count). The molecule has 6 nitrogen and oxygen atoms in total. The summed E-state index contributed by atoms with van der Waals surface area (Å²) in [6.07, 6.45) is -0.846. The van der Waals surface area contributed by atoms with Gasteiger partial charge in [-0.1, -0.05) is 0 Å². The molecule has 0 radical (unpaired) electrons. The second kappa shape index (κ2) is 5.33. The number of aromatic hydroxyl groups is 1. The van der Waals surface area contributed by atoms with Crippen molar-refractivity contribution < 1.29 is 24.9 Å². The number of carbonyl (C=O) groups is 2. The number of carbonyl (C=O) groups excluding carboxylic acids is 1. The number of aliphatic carboxylic acids is 1. The lowest BCUT2D eigenvalue weighted by molar-refractivity contribution is -0.141. The van der Waals surface area contributed by atoms with Crippen molar-refractivity contribution in [3.8, 4) is 5.75 Å². The summed E-state index contributed by atoms with van der Waals surface area (Å²) in [5.41, 5.74) is 0.0484. The predicted octanol–water partition coefficient (Wildman–Crippen LogP) is 0.657. The van der Waals surface area contributed by atoms with E-state index in [2.05, 4.69) is 0 Å². The van der Waals surface area contributed by atoms with Gasteiger partial charge in [-0.2, -0.15) is 0 Å². The average molecular weight is 377 g/mol. The first-order valence-electron chi connectivity index (χ1n) is 5.60. The Hall–Kier alpha value is -1.35. The van der Waals surface area contributed by atoms with E-state index >= 15 is 0 Å². The lowest BCUT2D eigenvalue weighted by Gasteiger charge is -2.21. The number of β-amino-alcohol motifs (C(OH)–C–C–N with tert-alkyl or cyclic N) is 1. The van der Waals surface area contributed by atoms with Gasteiger partial charge < -0.3 is 20.2 Å². The number of phenols is 1. The zero-order valence-electron chi connectivity index (χ0n) is 9.78. The van der Waals surface area contributed by atoms with Gasteiger partial charge in [0.15, 0.2) is 0 Å². The first-order chi connectivity index (χ1) is 8.90. The summed E-state index contributed by atoms with van der Waals surface area (Å²) >= 11 is 1.99. The summed E-state index contributed by atoms with van der Waals surface area (Å²) in [7, 11) is 0. The van der Waals surface area contributed by atoms with Crippen LogP contribution in [-0.2, 0) is 4.79 Å². The minimum absolute atomic E-state index is 0.00572. The Morgan fingerprint density at radius 1 is 1.37 bits per heavy atom. The van der Waals surface area contributed by atoms with Crippen molar-refractivity contribution in [3.05, 3.63) is 27.3 Å². The molecule has 0 aliphatic carbocycles. The van der Waals surface area contributed by atoms with Gasteiger partial charge in [-0.05, 0) is 40.8 Å². The number of carboxylic acids is 1. The number of amides is 1. The van der Waals surface area contributed by atoms with E-state index in [0.29, 0.717) is 0 Å². The van der Waals surface area contributed by atoms with Crippen molar-refractivity contribution in [1.29, 1.82) is 0 Å². The number of hydrogen-bond donors (Lipinski definition) is 3. The highest BCUT2D eigenvalue weighted by Gasteiger charge is 2.39. The smallest absolute Gasteiger partial charge is 0.326 e. The number of likely N-dealkylation sites (tertiary alicyclic amines) is 1. The Bertz CT molecular complexity index is 533. The SMILES string of the molecule is O=C(O)[C@H]1C[C@@H](O)CN1C(=O)c1cc(I)ccc1O. The molecule has 0 bridgehead atoms. The number of aliphatic hydroxyl groups is 1. The first-order valence-corrected chi connectivity index (χ1v) is 6.68. The zero-order valence-corrected chi connectivity index (χ0v) is 11.9. The molecule has 1 amide bonds. The molecule has 1 aromatic carbocycles. The zero-order chi connectivity index (χ0) is 14.2. The number of rotatable bonds is 2. The van der Waals surface area contributed by atoms with Gasteiger partial charge >= 0.3 is 5.97 Å². The van der Waals surface area contributed by atoms with Crippen molar-refractivity contribution in [2.45, 2.75) is 18.6 Å². The molecule has 102 valence electrons. The molecule has 2 atom stereocenters. The van der Waals surface area contributed by atoms with Crippen molar-refractivity contribution in [2.75, 3.05) is 6.54 Å². The van der Waals surface area contributed by atoms with E-state index in [4.69, 9.17) is 5.11 Å². The van der Waals surface area contributed by atoms with Gasteiger partial charge in [-0.15, -0.1) is 0 Å². The molecule has 0 saturated carbocycles. The van der Waals surface area contributed by atoms with Gasteiger partial charge in [0.25, 0.3) is 5.91 Å². The fourth-order valence-corrected chi connectivity index (χ4v) is 2.60. The monoisotopic (exact) mass is 377 g/mol. The first kappa shape index (κ1) is 14.1. The van der Waals surface area contributed by atoms with E-state index in [1.54, 1.807) is 6.07 Å². The standard InChI is InChI=1S/C12H12INO5/c13-6-1-2-10(16)8(3-6)11(17)14-5-7(15)4-9(14)12(18)19/h1-3,7,9,15-16H,4-5H2,(H,18,19)/t7-,9-/m1/s1. The van der Waals surface area contributed by atoms with E-state index in [9.17, 15) is 19.8 Å². The molecule has 1 aliphatic rings. The maximum atomic E-state index is 12.3. The fraction of sp³-hybridized carbons (Fsp3) is 0.333. The molecule has 0 spiro atoms. The molecular formula is C12H12INO5. The van der Waals surface area contributed by atoms with Crippen LogP contribution in [-0.4, -0.2) is 50.8 Å². The van der Waals surface area contributed by atoms with Gasteiger partial charge in [0, 0.05) is 16.5 Å². The summed E-state index contributed by atoms with van der Waals surface area (Å²) in [5, 5.41) is 28.3. The van der Waals surface area contributed by atoms with Crippen LogP contribution in [0.2, 0.25) is 0 Å². The van der Waals surface area contributed by atoms with Gasteiger partial charge in [-0.3, -0.25) is 4.79 Å². The van der Waals surface area contributed by atoms with Gasteiger partial charge in [0.05, 0.1) is 11.7 Å². The highest BCUT2D eigenvalue weighted by atomic mass is 127. The third-order valence-corrected chi connectivity index (χ3v) is 3.68. The van der Waals surface area contributed by atoms with Crippen molar-refractivity contribution in [1.82, 2.24) is 4.90 Å². The molecule has 1 saturated heterocycles. The average Bonchev–Trinajstić information content (AvgIpc) is 2.74. The maximum Gasteiger partial charge on any atom is 0.326 e. The Morgan fingerprint density at radius 2 is 2.05 bits per heavy atom. The summed E-state index contributed by atoms with van der Waals surface area (Å²) in [6.45, 7) is -0.0410. The summed E-state index contributed by atoms with van der Waals surface area (Å²) < 4.78 is 0.755. The van der Waals surface area contributed by atoms with Crippen molar-refractivity contribution >= 4 is 34.5 Å². The number of hydrogen-bond acceptors (Lipinski definition) is 4. The fourth-order valence-electron chi connectivity index (χ4n) is 2.11. The van der Waals surface area contributed by atoms with Crippen LogP contribution in [0.4, 0.5) is 0 Å². The highest BCUT2D eigenvalue weighted by molar-refractivity contribution is 14.1. The van der Waals surface area contributed by atoms with Crippen molar-refractivity contribution in [3.63, 3.8) is 0 Å². The molecule has 1 heterocycles. The molecule has 1 fully saturated rings. The molecule has 7 heteroatoms. The van der Waals surface area contributed by atoms with E-state index in [1.165, 1.54) is 12.1 Å². The van der Waals surface area contributed by atoms with E-state index < -0.39 is 24.0 Å². The number of aliphatic hydroxyl groups excluding tert-OH is 1. The Morgan fingerprint density at radius 3 is 2.68 bits per heavy atom. The molecule has 1 aromatic rings. The van der Waals surface area contributed by atoms with Gasteiger partial charge in [-0.25, -0.2) is 4.79 Å².